The van der Waals surface area contributed by atoms with Gasteiger partial charge < -0.3 is 24.7 Å². The first-order chi connectivity index (χ1) is 27.4. The molecular formula is C41H34F3N7O5S. The van der Waals surface area contributed by atoms with E-state index in [0.717, 1.165) is 23.8 Å². The summed E-state index contributed by atoms with van der Waals surface area (Å²) in [4.78, 5) is 30.0. The molecule has 0 spiro atoms. The molecule has 7 rings (SSSR count). The number of amides is 1. The molecule has 0 aliphatic rings. The number of hydrogen-bond acceptors (Lipinski definition) is 10. The number of halogens is 3. The number of anilines is 2. The van der Waals surface area contributed by atoms with E-state index in [2.05, 4.69) is 30.6 Å². The number of rotatable bonds is 13. The van der Waals surface area contributed by atoms with Gasteiger partial charge in [0.2, 0.25) is 5.91 Å². The SMILES string of the molecule is COc1ccc(CNc2ncnc3c(C)c(-c4c(F)cc(NC(=O)CCS(=O)(=O)c5ccccc5)cc4F)n(-c4ccc(Oc5nccc(C)n5)c(F)c4)c23)cc1. The number of nitrogens with one attached hydrogen (secondary N) is 2. The summed E-state index contributed by atoms with van der Waals surface area (Å²) in [5.41, 5.74) is 1.85. The van der Waals surface area contributed by atoms with E-state index in [4.69, 9.17) is 9.47 Å². The summed E-state index contributed by atoms with van der Waals surface area (Å²) in [5.74, 6) is -3.45. The highest BCUT2D eigenvalue weighted by Crippen LogP contribution is 2.41. The van der Waals surface area contributed by atoms with Gasteiger partial charge in [-0.3, -0.25) is 4.79 Å². The molecule has 3 heterocycles. The van der Waals surface area contributed by atoms with E-state index in [9.17, 15) is 13.2 Å². The van der Waals surface area contributed by atoms with Crippen molar-refractivity contribution in [1.29, 1.82) is 0 Å². The Labute approximate surface area is 325 Å². The normalized spacial score (nSPS) is 11.4. The van der Waals surface area contributed by atoms with E-state index >= 15 is 13.2 Å². The fourth-order valence-electron chi connectivity index (χ4n) is 6.23. The molecule has 0 fully saturated rings. The Morgan fingerprint density at radius 3 is 2.28 bits per heavy atom. The van der Waals surface area contributed by atoms with Gasteiger partial charge >= 0.3 is 6.01 Å². The molecule has 0 atom stereocenters. The summed E-state index contributed by atoms with van der Waals surface area (Å²) < 4.78 is 86.2. The molecule has 0 aliphatic carbocycles. The van der Waals surface area contributed by atoms with E-state index < -0.39 is 50.9 Å². The zero-order valence-electron chi connectivity index (χ0n) is 30.8. The van der Waals surface area contributed by atoms with Crippen LogP contribution in [0.3, 0.4) is 0 Å². The molecule has 0 saturated carbocycles. The minimum atomic E-state index is -3.78. The van der Waals surface area contributed by atoms with Crippen molar-refractivity contribution in [3.8, 4) is 34.5 Å². The molecule has 1 amide bonds. The Morgan fingerprint density at radius 2 is 1.60 bits per heavy atom. The minimum absolute atomic E-state index is 0.00471. The van der Waals surface area contributed by atoms with Crippen molar-refractivity contribution in [1.82, 2.24) is 24.5 Å². The van der Waals surface area contributed by atoms with Crippen molar-refractivity contribution in [3.63, 3.8) is 0 Å². The number of sulfone groups is 1. The summed E-state index contributed by atoms with van der Waals surface area (Å²) in [7, 11) is -2.21. The van der Waals surface area contributed by atoms with Gasteiger partial charge in [-0.2, -0.15) is 0 Å². The average molecular weight is 794 g/mol. The van der Waals surface area contributed by atoms with Gasteiger partial charge in [0, 0.05) is 47.9 Å². The first-order valence-electron chi connectivity index (χ1n) is 17.5. The second-order valence-electron chi connectivity index (χ2n) is 12.9. The van der Waals surface area contributed by atoms with Gasteiger partial charge in [-0.25, -0.2) is 41.5 Å². The van der Waals surface area contributed by atoms with Crippen molar-refractivity contribution in [2.75, 3.05) is 23.5 Å². The molecule has 0 saturated heterocycles. The van der Waals surface area contributed by atoms with Gasteiger partial charge in [-0.15, -0.1) is 0 Å². The zero-order valence-corrected chi connectivity index (χ0v) is 31.6. The molecule has 290 valence electrons. The molecular weight excluding hydrogens is 760 g/mol. The van der Waals surface area contributed by atoms with Crippen LogP contribution in [-0.2, 0) is 21.2 Å². The Hall–Kier alpha value is -6.81. The number of nitrogens with zero attached hydrogens (tertiary/aromatic N) is 5. The van der Waals surface area contributed by atoms with Gasteiger partial charge in [-0.05, 0) is 74.0 Å². The van der Waals surface area contributed by atoms with Crippen LogP contribution in [0.5, 0.6) is 17.5 Å². The summed E-state index contributed by atoms with van der Waals surface area (Å²) in [6.45, 7) is 3.64. The van der Waals surface area contributed by atoms with Gasteiger partial charge in [0.25, 0.3) is 0 Å². The molecule has 7 aromatic rings. The summed E-state index contributed by atoms with van der Waals surface area (Å²) in [6, 6.07) is 22.4. The topological polar surface area (TPSA) is 150 Å². The lowest BCUT2D eigenvalue weighted by Gasteiger charge is -2.17. The largest absolute Gasteiger partial charge is 0.497 e. The fourth-order valence-corrected chi connectivity index (χ4v) is 7.49. The second-order valence-corrected chi connectivity index (χ2v) is 15.0. The number of methoxy groups -OCH3 is 1. The quantitative estimate of drug-likeness (QED) is 0.117. The molecule has 0 unspecified atom stereocenters. The third kappa shape index (κ3) is 8.26. The van der Waals surface area contributed by atoms with Crippen molar-refractivity contribution in [3.05, 3.63) is 138 Å². The number of carbonyl (C=O) groups is 1. The van der Waals surface area contributed by atoms with Crippen LogP contribution in [0.25, 0.3) is 28.0 Å². The lowest BCUT2D eigenvalue weighted by molar-refractivity contribution is -0.115. The Balaban J connectivity index is 1.28. The molecule has 0 aliphatic heterocycles. The number of aryl methyl sites for hydroxylation is 2. The van der Waals surface area contributed by atoms with Gasteiger partial charge in [0.1, 0.15) is 29.2 Å². The Kier molecular flexibility index (Phi) is 10.9. The third-order valence-corrected chi connectivity index (χ3v) is 10.7. The second kappa shape index (κ2) is 16.1. The van der Waals surface area contributed by atoms with E-state index in [1.807, 2.05) is 12.1 Å². The number of hydrogen-bond donors (Lipinski definition) is 2. The number of fused-ring (bicyclic) bond motifs is 1. The smallest absolute Gasteiger partial charge is 0.322 e. The molecule has 0 bridgehead atoms. The number of carbonyl (C=O) groups excluding carboxylic acids is 1. The third-order valence-electron chi connectivity index (χ3n) is 9.01. The van der Waals surface area contributed by atoms with Crippen LogP contribution >= 0.6 is 0 Å². The van der Waals surface area contributed by atoms with Crippen LogP contribution in [0.15, 0.2) is 108 Å². The highest BCUT2D eigenvalue weighted by atomic mass is 32.2. The van der Waals surface area contributed by atoms with E-state index in [-0.39, 0.29) is 46.1 Å². The maximum absolute atomic E-state index is 16.3. The van der Waals surface area contributed by atoms with Crippen LogP contribution in [-0.4, -0.2) is 51.7 Å². The van der Waals surface area contributed by atoms with E-state index in [1.54, 1.807) is 57.4 Å². The van der Waals surface area contributed by atoms with Crippen molar-refractivity contribution < 1.29 is 35.9 Å². The van der Waals surface area contributed by atoms with Crippen LogP contribution in [0.1, 0.15) is 23.2 Å². The fraction of sp³-hybridized carbons (Fsp3) is 0.146. The van der Waals surface area contributed by atoms with Crippen LogP contribution in [0, 0.1) is 31.3 Å². The molecule has 57 heavy (non-hydrogen) atoms. The minimum Gasteiger partial charge on any atom is -0.497 e. The van der Waals surface area contributed by atoms with Crippen molar-refractivity contribution in [2.24, 2.45) is 0 Å². The summed E-state index contributed by atoms with van der Waals surface area (Å²) >= 11 is 0. The van der Waals surface area contributed by atoms with Crippen LogP contribution in [0.4, 0.5) is 24.7 Å². The van der Waals surface area contributed by atoms with Gasteiger partial charge in [0.15, 0.2) is 27.2 Å². The van der Waals surface area contributed by atoms with E-state index in [1.165, 1.54) is 41.4 Å². The number of aromatic nitrogens is 5. The first kappa shape index (κ1) is 38.5. The molecule has 3 aromatic heterocycles. The standard InChI is InChI=1S/C41H34F3N7O5S/c1-24-15-17-45-41(49-24)56-34-14-11-28(21-31(34)42)51-38(25(2)37-39(51)40(48-23-47-37)46-22-26-9-12-29(55-3)13-10-26)36-32(43)19-27(20-33(36)44)50-35(52)16-18-57(53,54)30-7-5-4-6-8-30/h4-15,17,19-21,23H,16,18,22H2,1-3H3,(H,50,52)(H,46,47,48). The average Bonchev–Trinajstić information content (AvgIpc) is 3.49. The molecule has 2 N–H and O–H groups in total. The van der Waals surface area contributed by atoms with Gasteiger partial charge in [0.05, 0.1) is 34.5 Å². The van der Waals surface area contributed by atoms with Gasteiger partial charge in [-0.1, -0.05) is 30.3 Å². The maximum atomic E-state index is 16.3. The lowest BCUT2D eigenvalue weighted by Crippen LogP contribution is -2.17. The monoisotopic (exact) mass is 793 g/mol. The lowest BCUT2D eigenvalue weighted by atomic mass is 10.1. The summed E-state index contributed by atoms with van der Waals surface area (Å²) in [5, 5.41) is 5.67. The molecule has 16 heteroatoms. The molecule has 4 aromatic carbocycles. The number of ether oxygens (including phenoxy) is 2. The predicted octanol–water partition coefficient (Wildman–Crippen LogP) is 8.13. The maximum Gasteiger partial charge on any atom is 0.322 e. The first-order valence-corrected chi connectivity index (χ1v) is 19.1. The number of benzene rings is 4. The Bertz CT molecular complexity index is 2710. The van der Waals surface area contributed by atoms with Crippen molar-refractivity contribution >= 4 is 38.3 Å². The van der Waals surface area contributed by atoms with Crippen molar-refractivity contribution in [2.45, 2.75) is 31.7 Å². The highest BCUT2D eigenvalue weighted by Gasteiger charge is 2.27. The highest BCUT2D eigenvalue weighted by molar-refractivity contribution is 7.91. The van der Waals surface area contributed by atoms with Crippen LogP contribution < -0.4 is 20.1 Å². The van der Waals surface area contributed by atoms with Crippen LogP contribution in [0.2, 0.25) is 0 Å². The molecule has 12 nitrogen and oxygen atoms in total. The molecule has 0 radical (unpaired) electrons. The van der Waals surface area contributed by atoms with E-state index in [0.29, 0.717) is 28.0 Å². The zero-order chi connectivity index (χ0) is 40.3. The Morgan fingerprint density at radius 1 is 0.860 bits per heavy atom. The summed E-state index contributed by atoms with van der Waals surface area (Å²) in [6.07, 6.45) is 2.33. The predicted molar refractivity (Wildman–Crippen MR) is 208 cm³/mol.